The number of nitrogens with zero attached hydrogens (tertiary/aromatic N) is 2. The van der Waals surface area contributed by atoms with Crippen LogP contribution >= 0.6 is 0 Å². The van der Waals surface area contributed by atoms with Gasteiger partial charge in [0.15, 0.2) is 5.75 Å². The van der Waals surface area contributed by atoms with E-state index in [2.05, 4.69) is 5.32 Å². The fourth-order valence-corrected chi connectivity index (χ4v) is 8.04. The Bertz CT molecular complexity index is 2400. The smallest absolute Gasteiger partial charge is 0.312 e. The summed E-state index contributed by atoms with van der Waals surface area (Å²) < 4.78 is 25.3. The molecule has 0 aliphatic carbocycles. The average Bonchev–Trinajstić information content (AvgIpc) is 3.68. The second kappa shape index (κ2) is 16.0. The zero-order valence-electron chi connectivity index (χ0n) is 33.9. The van der Waals surface area contributed by atoms with E-state index in [9.17, 15) is 39.9 Å². The lowest BCUT2D eigenvalue weighted by Gasteiger charge is -2.38. The summed E-state index contributed by atoms with van der Waals surface area (Å²) in [6.45, 7) is 12.0. The maximum absolute atomic E-state index is 14.6. The molecule has 0 saturated carbocycles. The Morgan fingerprint density at radius 1 is 1.03 bits per heavy atom. The SMILES string of the molecule is CO[C@H]1/C=C/O[C@@]2(C)Oc3c(C)c(O)c4c(O)c(c5c(nc6cc(C)ccn65)c4c3C2=O)NC(=O)/C(C)=C\C=C\[C@H](C)[C@H](O)[C@@H](C)[C@@H](O)[C@@H](CO)[C@H](OC(C)=O)[C@@H]1C. The van der Waals surface area contributed by atoms with Crippen molar-refractivity contribution in [3.63, 3.8) is 0 Å². The van der Waals surface area contributed by atoms with E-state index in [1.165, 1.54) is 46.3 Å². The molecule has 58 heavy (non-hydrogen) atoms. The molecule has 4 heterocycles. The van der Waals surface area contributed by atoms with Crippen molar-refractivity contribution in [3.8, 4) is 17.2 Å². The molecule has 15 nitrogen and oxygen atoms in total. The number of phenolic OH excluding ortho intramolecular Hbond substituents is 2. The van der Waals surface area contributed by atoms with E-state index in [1.54, 1.807) is 56.5 Å². The highest BCUT2D eigenvalue weighted by Gasteiger charge is 2.50. The number of anilines is 1. The number of ether oxygens (including phenoxy) is 4. The number of pyridine rings is 1. The van der Waals surface area contributed by atoms with Gasteiger partial charge in [-0.3, -0.25) is 18.8 Å². The number of methoxy groups -OCH3 is 1. The van der Waals surface area contributed by atoms with Crippen molar-refractivity contribution in [2.45, 2.75) is 85.6 Å². The number of imidazole rings is 1. The topological polar surface area (TPSA) is 219 Å². The molecular weight excluding hydrogens is 750 g/mol. The monoisotopic (exact) mass is 801 g/mol. The number of aromatic hydroxyl groups is 2. The Hall–Kier alpha value is -5.48. The minimum absolute atomic E-state index is 0.00426. The molecule has 9 atom stereocenters. The summed E-state index contributed by atoms with van der Waals surface area (Å²) in [5.74, 6) is -8.00. The van der Waals surface area contributed by atoms with Crippen molar-refractivity contribution < 1.29 is 58.9 Å². The second-order valence-corrected chi connectivity index (χ2v) is 15.6. The van der Waals surface area contributed by atoms with Gasteiger partial charge in [0.05, 0.1) is 42.1 Å². The lowest BCUT2D eigenvalue weighted by molar-refractivity contribution is -0.164. The number of aromatic nitrogens is 2. The van der Waals surface area contributed by atoms with Crippen LogP contribution in [-0.4, -0.2) is 96.5 Å². The Labute approximate surface area is 335 Å². The minimum atomic E-state index is -2.00. The fourth-order valence-electron chi connectivity index (χ4n) is 8.04. The maximum atomic E-state index is 14.6. The van der Waals surface area contributed by atoms with E-state index in [4.69, 9.17) is 23.9 Å². The highest BCUT2D eigenvalue weighted by Crippen LogP contribution is 2.54. The normalized spacial score (nSPS) is 30.5. The van der Waals surface area contributed by atoms with Gasteiger partial charge in [-0.15, -0.1) is 0 Å². The highest BCUT2D eigenvalue weighted by molar-refractivity contribution is 6.28. The first-order chi connectivity index (χ1) is 27.4. The molecule has 0 unspecified atom stereocenters. The number of aliphatic hydroxyl groups is 3. The number of amides is 1. The van der Waals surface area contributed by atoms with Gasteiger partial charge in [-0.1, -0.05) is 39.0 Å². The molecule has 1 amide bonds. The molecule has 0 spiro atoms. The average molecular weight is 802 g/mol. The number of benzene rings is 2. The summed E-state index contributed by atoms with van der Waals surface area (Å²) in [6, 6.07) is 3.62. The number of esters is 1. The Kier molecular flexibility index (Phi) is 11.7. The van der Waals surface area contributed by atoms with E-state index in [0.717, 1.165) is 5.56 Å². The molecule has 15 heteroatoms. The third-order valence-corrected chi connectivity index (χ3v) is 11.5. The van der Waals surface area contributed by atoms with Gasteiger partial charge < -0.3 is 49.8 Å². The Morgan fingerprint density at radius 2 is 1.74 bits per heavy atom. The third kappa shape index (κ3) is 7.16. The van der Waals surface area contributed by atoms with Crippen molar-refractivity contribution in [1.82, 2.24) is 9.38 Å². The number of hydrogen-bond donors (Lipinski definition) is 6. The summed E-state index contributed by atoms with van der Waals surface area (Å²) in [6.07, 6.45) is 4.67. The van der Waals surface area contributed by atoms with Crippen molar-refractivity contribution in [3.05, 3.63) is 71.2 Å². The second-order valence-electron chi connectivity index (χ2n) is 15.6. The largest absolute Gasteiger partial charge is 0.507 e. The van der Waals surface area contributed by atoms with E-state index >= 15 is 0 Å². The van der Waals surface area contributed by atoms with E-state index in [1.807, 2.05) is 13.0 Å². The summed E-state index contributed by atoms with van der Waals surface area (Å²) in [7, 11) is 1.41. The van der Waals surface area contributed by atoms with Crippen LogP contribution in [0.5, 0.6) is 17.2 Å². The fraction of sp³-hybridized carbons (Fsp3) is 0.442. The lowest BCUT2D eigenvalue weighted by atomic mass is 9.78. The van der Waals surface area contributed by atoms with Crippen LogP contribution in [0.4, 0.5) is 5.69 Å². The van der Waals surface area contributed by atoms with Crippen molar-refractivity contribution in [2.24, 2.45) is 23.7 Å². The minimum Gasteiger partial charge on any atom is -0.507 e. The quantitative estimate of drug-likeness (QED) is 0.117. The molecule has 6 N–H and O–H groups in total. The van der Waals surface area contributed by atoms with Crippen LogP contribution in [0.15, 0.2) is 54.5 Å². The number of nitrogens with one attached hydrogen (secondary N) is 1. The summed E-state index contributed by atoms with van der Waals surface area (Å²) in [4.78, 5) is 45.6. The van der Waals surface area contributed by atoms with Gasteiger partial charge in [-0.05, 0) is 44.5 Å². The van der Waals surface area contributed by atoms with Gasteiger partial charge in [-0.2, -0.15) is 0 Å². The lowest BCUT2D eigenvalue weighted by Crippen LogP contribution is -2.49. The van der Waals surface area contributed by atoms with Crippen LogP contribution in [0.1, 0.15) is 63.0 Å². The Balaban J connectivity index is 1.58. The summed E-state index contributed by atoms with van der Waals surface area (Å²) in [5.41, 5.74) is 2.02. The Morgan fingerprint density at radius 3 is 2.40 bits per heavy atom. The first-order valence-corrected chi connectivity index (χ1v) is 19.1. The number of carbonyl (C=O) groups excluding carboxylic acids is 3. The van der Waals surface area contributed by atoms with Gasteiger partial charge >= 0.3 is 11.8 Å². The molecule has 2 aromatic heterocycles. The number of aliphatic hydroxyl groups excluding tert-OH is 3. The van der Waals surface area contributed by atoms with Gasteiger partial charge in [0.25, 0.3) is 11.7 Å². The van der Waals surface area contributed by atoms with Crippen LogP contribution in [0.25, 0.3) is 27.5 Å². The number of aryl methyl sites for hydroxylation is 1. The van der Waals surface area contributed by atoms with E-state index in [-0.39, 0.29) is 49.9 Å². The van der Waals surface area contributed by atoms with Gasteiger partial charge in [-0.25, -0.2) is 4.98 Å². The molecule has 2 aliphatic heterocycles. The zero-order valence-corrected chi connectivity index (χ0v) is 33.9. The zero-order chi connectivity index (χ0) is 42.5. The molecule has 0 radical (unpaired) electrons. The first kappa shape index (κ1) is 42.1. The molecule has 2 aromatic carbocycles. The maximum Gasteiger partial charge on any atom is 0.312 e. The molecule has 2 aliphatic rings. The molecule has 6 rings (SSSR count). The van der Waals surface area contributed by atoms with Crippen LogP contribution in [-0.2, 0) is 23.8 Å². The molecule has 0 saturated heterocycles. The number of rotatable bonds is 3. The third-order valence-electron chi connectivity index (χ3n) is 11.5. The van der Waals surface area contributed by atoms with Crippen LogP contribution in [0, 0.1) is 37.5 Å². The number of Topliss-reactive ketones (excluding diaryl/α,β-unsaturated/α-hetero) is 1. The predicted octanol–water partition coefficient (Wildman–Crippen LogP) is 5.13. The summed E-state index contributed by atoms with van der Waals surface area (Å²) >= 11 is 0. The summed E-state index contributed by atoms with van der Waals surface area (Å²) in [5, 5.41) is 59.9. The number of fused-ring (bicyclic) bond motifs is 2. The van der Waals surface area contributed by atoms with Crippen LogP contribution < -0.4 is 10.1 Å². The number of allylic oxidation sites excluding steroid dienone is 2. The van der Waals surface area contributed by atoms with E-state index < -0.39 is 89.6 Å². The number of hydrogen-bond acceptors (Lipinski definition) is 13. The van der Waals surface area contributed by atoms with Crippen molar-refractivity contribution in [1.29, 1.82) is 0 Å². The highest BCUT2D eigenvalue weighted by atomic mass is 16.7. The van der Waals surface area contributed by atoms with Crippen molar-refractivity contribution in [2.75, 3.05) is 19.0 Å². The van der Waals surface area contributed by atoms with Gasteiger partial charge in [0.1, 0.15) is 40.0 Å². The predicted molar refractivity (Wildman–Crippen MR) is 215 cm³/mol. The molecule has 4 bridgehead atoms. The molecule has 310 valence electrons. The number of ketones is 1. The number of phenols is 2. The standard InChI is InChI=1S/C43H51N3O12/c1-19-13-15-46-28(17-19)44-32-29-30-37(51)24(6)40-31(29)41(53)43(8,58-40)56-16-14-27(55-9)22(4)39(57-25(7)48)26(18-47)36(50)23(5)35(49)20(2)11-10-12-21(3)42(54)45-33(34(32)46)38(30)52/h10-17,20,22-23,26-27,35-36,39,47,49-52H,18H2,1-9H3,(H,45,54)/b11-10+,16-14+,21-12-/t20-,22+,23+,26+,27-,35-,36+,39+,43-/m0/s1. The first-order valence-electron chi connectivity index (χ1n) is 19.1. The molecule has 4 aromatic rings. The van der Waals surface area contributed by atoms with E-state index in [0.29, 0.717) is 5.65 Å². The van der Waals surface area contributed by atoms with Gasteiger partial charge in [0, 0.05) is 67.3 Å². The van der Waals surface area contributed by atoms with Crippen LogP contribution in [0.3, 0.4) is 0 Å². The van der Waals surface area contributed by atoms with Crippen molar-refractivity contribution >= 4 is 50.8 Å². The molecular formula is C43H51N3O12. The number of carbonyl (C=O) groups is 3. The molecule has 0 fully saturated rings. The van der Waals surface area contributed by atoms with Crippen LogP contribution in [0.2, 0.25) is 0 Å². The van der Waals surface area contributed by atoms with Gasteiger partial charge in [0.2, 0.25) is 0 Å².